The number of nitrogens with zero attached hydrogens (tertiary/aromatic N) is 5. The van der Waals surface area contributed by atoms with Gasteiger partial charge in [-0.2, -0.15) is 5.10 Å². The zero-order valence-corrected chi connectivity index (χ0v) is 13.8. The second-order valence-electron chi connectivity index (χ2n) is 5.16. The average molecular weight is 315 g/mol. The van der Waals surface area contributed by atoms with Gasteiger partial charge in [0, 0.05) is 17.0 Å². The summed E-state index contributed by atoms with van der Waals surface area (Å²) in [6.07, 6.45) is 0. The third-order valence-corrected chi connectivity index (χ3v) is 4.34. The van der Waals surface area contributed by atoms with E-state index in [2.05, 4.69) is 20.5 Å². The van der Waals surface area contributed by atoms with E-state index in [-0.39, 0.29) is 0 Å². The molecule has 0 spiro atoms. The van der Waals surface area contributed by atoms with Gasteiger partial charge in [-0.05, 0) is 45.9 Å². The Morgan fingerprint density at radius 3 is 2.50 bits per heavy atom. The number of thioether (sulfide) groups is 1. The van der Waals surface area contributed by atoms with Crippen molar-refractivity contribution in [3.05, 3.63) is 46.6 Å². The van der Waals surface area contributed by atoms with E-state index >= 15 is 0 Å². The van der Waals surface area contributed by atoms with Crippen LogP contribution in [-0.2, 0) is 5.75 Å². The van der Waals surface area contributed by atoms with Crippen molar-refractivity contribution in [1.82, 2.24) is 25.1 Å². The lowest BCUT2D eigenvalue weighted by Crippen LogP contribution is -2.03. The van der Waals surface area contributed by atoms with Gasteiger partial charge in [0.15, 0.2) is 5.82 Å². The molecule has 0 aliphatic heterocycles. The molecule has 7 heteroatoms. The molecule has 0 N–H and O–H groups in total. The van der Waals surface area contributed by atoms with Crippen molar-refractivity contribution in [2.45, 2.75) is 38.5 Å². The molecule has 0 saturated heterocycles. The Kier molecular flexibility index (Phi) is 3.98. The molecule has 0 atom stereocenters. The van der Waals surface area contributed by atoms with Crippen LogP contribution < -0.4 is 0 Å². The average Bonchev–Trinajstić information content (AvgIpc) is 3.00. The van der Waals surface area contributed by atoms with Crippen molar-refractivity contribution in [3.63, 3.8) is 0 Å². The standard InChI is InChI=1S/C15H17N5OS/c1-9-7-10(2)20(18-9)14-5-6-15(17-16-14)22-8-13-11(3)19-21-12(13)4/h5-7H,8H2,1-4H3. The molecule has 0 saturated carbocycles. The number of aryl methyl sites for hydroxylation is 4. The predicted octanol–water partition coefficient (Wildman–Crippen LogP) is 3.18. The van der Waals surface area contributed by atoms with E-state index in [0.29, 0.717) is 0 Å². The highest BCUT2D eigenvalue weighted by Crippen LogP contribution is 2.24. The molecular weight excluding hydrogens is 298 g/mol. The third kappa shape index (κ3) is 2.89. The van der Waals surface area contributed by atoms with E-state index in [0.717, 1.165) is 45.0 Å². The van der Waals surface area contributed by atoms with Crippen LogP contribution in [0.5, 0.6) is 0 Å². The van der Waals surface area contributed by atoms with Crippen LogP contribution in [0.4, 0.5) is 0 Å². The lowest BCUT2D eigenvalue weighted by molar-refractivity contribution is 0.392. The molecule has 0 bridgehead atoms. The Balaban J connectivity index is 1.73. The molecule has 0 aliphatic rings. The maximum atomic E-state index is 5.17. The largest absolute Gasteiger partial charge is 0.361 e. The van der Waals surface area contributed by atoms with Gasteiger partial charge < -0.3 is 4.52 Å². The summed E-state index contributed by atoms with van der Waals surface area (Å²) < 4.78 is 6.96. The normalized spacial score (nSPS) is 11.1. The predicted molar refractivity (Wildman–Crippen MR) is 84.2 cm³/mol. The van der Waals surface area contributed by atoms with Crippen molar-refractivity contribution in [2.75, 3.05) is 0 Å². The first kappa shape index (κ1) is 14.8. The fraction of sp³-hybridized carbons (Fsp3) is 0.333. The number of rotatable bonds is 4. The quantitative estimate of drug-likeness (QED) is 0.689. The maximum Gasteiger partial charge on any atom is 0.175 e. The summed E-state index contributed by atoms with van der Waals surface area (Å²) in [6.45, 7) is 7.84. The Hall–Kier alpha value is -2.15. The molecule has 0 radical (unpaired) electrons. The summed E-state index contributed by atoms with van der Waals surface area (Å²) in [5.74, 6) is 2.36. The lowest BCUT2D eigenvalue weighted by Gasteiger charge is -2.04. The van der Waals surface area contributed by atoms with Gasteiger partial charge in [0.25, 0.3) is 0 Å². The van der Waals surface area contributed by atoms with E-state index in [4.69, 9.17) is 4.52 Å². The number of hydrogen-bond acceptors (Lipinski definition) is 6. The molecule has 0 aliphatic carbocycles. The molecule has 3 aromatic heterocycles. The highest BCUT2D eigenvalue weighted by molar-refractivity contribution is 7.98. The van der Waals surface area contributed by atoms with Crippen molar-refractivity contribution in [2.24, 2.45) is 0 Å². The van der Waals surface area contributed by atoms with Gasteiger partial charge in [-0.15, -0.1) is 10.2 Å². The SMILES string of the molecule is Cc1cc(C)n(-c2ccc(SCc3c(C)noc3C)nn2)n1. The van der Waals surface area contributed by atoms with Crippen LogP contribution in [0.1, 0.15) is 28.4 Å². The number of hydrogen-bond donors (Lipinski definition) is 0. The highest BCUT2D eigenvalue weighted by Gasteiger charge is 2.10. The van der Waals surface area contributed by atoms with Gasteiger partial charge in [-0.1, -0.05) is 16.9 Å². The van der Waals surface area contributed by atoms with Gasteiger partial charge in [-0.25, -0.2) is 4.68 Å². The van der Waals surface area contributed by atoms with Gasteiger partial charge in [-0.3, -0.25) is 0 Å². The zero-order chi connectivity index (χ0) is 15.7. The summed E-state index contributed by atoms with van der Waals surface area (Å²) in [5.41, 5.74) is 4.06. The molecule has 3 aromatic rings. The summed E-state index contributed by atoms with van der Waals surface area (Å²) in [7, 11) is 0. The van der Waals surface area contributed by atoms with Gasteiger partial charge in [0.2, 0.25) is 0 Å². The first-order valence-corrected chi connectivity index (χ1v) is 7.95. The van der Waals surface area contributed by atoms with Gasteiger partial charge in [0.05, 0.1) is 11.4 Å². The van der Waals surface area contributed by atoms with Crippen molar-refractivity contribution < 1.29 is 4.52 Å². The van der Waals surface area contributed by atoms with Crippen LogP contribution in [0.2, 0.25) is 0 Å². The molecule has 0 aromatic carbocycles. The first-order chi connectivity index (χ1) is 10.5. The molecule has 3 heterocycles. The summed E-state index contributed by atoms with van der Waals surface area (Å²) in [6, 6.07) is 5.91. The molecule has 3 rings (SSSR count). The second kappa shape index (κ2) is 5.92. The van der Waals surface area contributed by atoms with Crippen LogP contribution in [0.25, 0.3) is 5.82 Å². The topological polar surface area (TPSA) is 69.6 Å². The van der Waals surface area contributed by atoms with Crippen LogP contribution >= 0.6 is 11.8 Å². The summed E-state index contributed by atoms with van der Waals surface area (Å²) in [4.78, 5) is 0. The van der Waals surface area contributed by atoms with E-state index in [1.165, 1.54) is 0 Å². The Labute approximate surface area is 132 Å². The minimum absolute atomic E-state index is 0.729. The highest BCUT2D eigenvalue weighted by atomic mass is 32.2. The maximum absolute atomic E-state index is 5.17. The molecule has 114 valence electrons. The molecule has 0 unspecified atom stereocenters. The van der Waals surface area contributed by atoms with E-state index in [1.807, 2.05) is 45.9 Å². The fourth-order valence-electron chi connectivity index (χ4n) is 2.22. The van der Waals surface area contributed by atoms with Crippen molar-refractivity contribution >= 4 is 11.8 Å². The fourth-order valence-corrected chi connectivity index (χ4v) is 3.19. The van der Waals surface area contributed by atoms with Crippen molar-refractivity contribution in [1.29, 1.82) is 0 Å². The molecule has 22 heavy (non-hydrogen) atoms. The Bertz CT molecular complexity index is 771. The molecule has 0 fully saturated rings. The smallest absolute Gasteiger partial charge is 0.175 e. The van der Waals surface area contributed by atoms with Gasteiger partial charge in [0.1, 0.15) is 10.8 Å². The van der Waals surface area contributed by atoms with Crippen LogP contribution in [0, 0.1) is 27.7 Å². The Morgan fingerprint density at radius 2 is 1.95 bits per heavy atom. The summed E-state index contributed by atoms with van der Waals surface area (Å²) >= 11 is 1.62. The molecule has 0 amide bonds. The van der Waals surface area contributed by atoms with Crippen molar-refractivity contribution in [3.8, 4) is 5.82 Å². The number of aromatic nitrogens is 5. The molecule has 6 nitrogen and oxygen atoms in total. The zero-order valence-electron chi connectivity index (χ0n) is 13.0. The first-order valence-electron chi connectivity index (χ1n) is 6.96. The van der Waals surface area contributed by atoms with Crippen LogP contribution in [-0.4, -0.2) is 25.1 Å². The molecular formula is C15H17N5OS. The Morgan fingerprint density at radius 1 is 1.14 bits per heavy atom. The van der Waals surface area contributed by atoms with Gasteiger partial charge >= 0.3 is 0 Å². The lowest BCUT2D eigenvalue weighted by atomic mass is 10.2. The van der Waals surface area contributed by atoms with E-state index < -0.39 is 0 Å². The van der Waals surface area contributed by atoms with Crippen LogP contribution in [0.3, 0.4) is 0 Å². The summed E-state index contributed by atoms with van der Waals surface area (Å²) in [5, 5.41) is 17.8. The van der Waals surface area contributed by atoms with E-state index in [1.54, 1.807) is 16.4 Å². The van der Waals surface area contributed by atoms with Crippen LogP contribution in [0.15, 0.2) is 27.7 Å². The van der Waals surface area contributed by atoms with E-state index in [9.17, 15) is 0 Å². The monoisotopic (exact) mass is 315 g/mol. The second-order valence-corrected chi connectivity index (χ2v) is 6.16. The minimum atomic E-state index is 0.729. The third-order valence-electron chi connectivity index (χ3n) is 3.40. The minimum Gasteiger partial charge on any atom is -0.361 e.